The first kappa shape index (κ1) is 22.9. The van der Waals surface area contributed by atoms with Crippen molar-refractivity contribution in [3.8, 4) is 11.4 Å². The van der Waals surface area contributed by atoms with Crippen molar-refractivity contribution < 1.29 is 4.79 Å². The third-order valence-electron chi connectivity index (χ3n) is 5.56. The monoisotopic (exact) mass is 437 g/mol. The zero-order valence-corrected chi connectivity index (χ0v) is 19.3. The Morgan fingerprint density at radius 1 is 1.13 bits per heavy atom. The summed E-state index contributed by atoms with van der Waals surface area (Å²) in [5, 5.41) is 10.3. The average Bonchev–Trinajstić information content (AvgIpc) is 3.16. The molecule has 0 fully saturated rings. The molecule has 0 aliphatic carbocycles. The van der Waals surface area contributed by atoms with Crippen molar-refractivity contribution in [2.45, 2.75) is 39.8 Å². The molecule has 3 rings (SSSR count). The Morgan fingerprint density at radius 3 is 2.45 bits per heavy atom. The Morgan fingerprint density at radius 2 is 1.81 bits per heavy atom. The van der Waals surface area contributed by atoms with E-state index < -0.39 is 0 Å². The minimum Gasteiger partial charge on any atom is -0.354 e. The molecule has 1 heterocycles. The van der Waals surface area contributed by atoms with Gasteiger partial charge in [0.2, 0.25) is 5.91 Å². The third-order valence-corrected chi connectivity index (χ3v) is 5.87. The number of nitrogens with one attached hydrogen (secondary N) is 2. The van der Waals surface area contributed by atoms with Gasteiger partial charge in [-0.05, 0) is 37.8 Å². The minimum absolute atomic E-state index is 0.00560. The van der Waals surface area contributed by atoms with Crippen molar-refractivity contribution >= 4 is 18.1 Å². The maximum Gasteiger partial charge on any atom is 0.221 e. The van der Waals surface area contributed by atoms with Crippen LogP contribution in [0.3, 0.4) is 0 Å². The fourth-order valence-corrected chi connectivity index (χ4v) is 3.98. The summed E-state index contributed by atoms with van der Waals surface area (Å²) in [6, 6.07) is 18.6. The molecule has 1 unspecified atom stereocenters. The number of carbonyl (C=O) groups is 1. The van der Waals surface area contributed by atoms with Gasteiger partial charge in [0.15, 0.2) is 10.6 Å². The van der Waals surface area contributed by atoms with Gasteiger partial charge in [-0.1, -0.05) is 74.0 Å². The van der Waals surface area contributed by atoms with Crippen LogP contribution >= 0.6 is 12.2 Å². The van der Waals surface area contributed by atoms with Gasteiger partial charge in [-0.2, -0.15) is 5.10 Å². The summed E-state index contributed by atoms with van der Waals surface area (Å²) in [6.45, 7) is 9.25. The van der Waals surface area contributed by atoms with Crippen molar-refractivity contribution in [2.75, 3.05) is 19.6 Å². The average molecular weight is 438 g/mol. The van der Waals surface area contributed by atoms with Crippen molar-refractivity contribution in [1.82, 2.24) is 25.0 Å². The zero-order valence-electron chi connectivity index (χ0n) is 18.5. The molecule has 0 aliphatic heterocycles. The number of aryl methyl sites for hydroxylation is 1. The summed E-state index contributed by atoms with van der Waals surface area (Å²) in [5.41, 5.74) is 3.37. The highest BCUT2D eigenvalue weighted by atomic mass is 32.1. The van der Waals surface area contributed by atoms with Crippen LogP contribution in [-0.4, -0.2) is 45.2 Å². The van der Waals surface area contributed by atoms with Crippen molar-refractivity contribution in [3.63, 3.8) is 0 Å². The molecule has 164 valence electrons. The maximum atomic E-state index is 12.7. The number of H-pyrrole nitrogens is 1. The Hall–Kier alpha value is -2.77. The number of carbonyl (C=O) groups excluding carboxylic acids is 1. The van der Waals surface area contributed by atoms with Crippen LogP contribution in [0, 0.1) is 11.7 Å². The minimum atomic E-state index is 0.00560. The first-order valence-electron chi connectivity index (χ1n) is 10.8. The van der Waals surface area contributed by atoms with Crippen LogP contribution < -0.4 is 5.32 Å². The van der Waals surface area contributed by atoms with Gasteiger partial charge in [-0.3, -0.25) is 19.4 Å². The highest BCUT2D eigenvalue weighted by Crippen LogP contribution is 2.20. The SMILES string of the molecule is CCN(CC)C(CNC(=O)CCn1c(-c2ccc(C)cc2)n[nH]c1=S)c1ccccc1. The molecule has 0 saturated heterocycles. The molecule has 2 aromatic carbocycles. The number of likely N-dealkylation sites (N-methyl/N-ethyl adjacent to an activating group) is 1. The second kappa shape index (κ2) is 11.0. The maximum absolute atomic E-state index is 12.7. The lowest BCUT2D eigenvalue weighted by molar-refractivity contribution is -0.121. The molecule has 1 atom stereocenters. The van der Waals surface area contributed by atoms with Gasteiger partial charge in [0.25, 0.3) is 0 Å². The number of rotatable bonds is 10. The molecule has 0 spiro atoms. The molecule has 0 radical (unpaired) electrons. The molecule has 2 N–H and O–H groups in total. The highest BCUT2D eigenvalue weighted by molar-refractivity contribution is 7.71. The van der Waals surface area contributed by atoms with E-state index in [2.05, 4.69) is 46.4 Å². The second-order valence-electron chi connectivity index (χ2n) is 7.57. The predicted molar refractivity (Wildman–Crippen MR) is 127 cm³/mol. The number of amides is 1. The lowest BCUT2D eigenvalue weighted by Gasteiger charge is -2.30. The molecular formula is C24H31N5OS. The molecule has 7 heteroatoms. The van der Waals surface area contributed by atoms with E-state index in [4.69, 9.17) is 12.2 Å². The van der Waals surface area contributed by atoms with Crippen LogP contribution in [-0.2, 0) is 11.3 Å². The molecule has 3 aromatic rings. The second-order valence-corrected chi connectivity index (χ2v) is 7.96. The van der Waals surface area contributed by atoms with Gasteiger partial charge >= 0.3 is 0 Å². The summed E-state index contributed by atoms with van der Waals surface area (Å²) < 4.78 is 2.41. The van der Waals surface area contributed by atoms with E-state index in [1.54, 1.807) is 0 Å². The Bertz CT molecular complexity index is 1020. The summed E-state index contributed by atoms with van der Waals surface area (Å²) in [6.07, 6.45) is 0.340. The van der Waals surface area contributed by atoms with Crippen LogP contribution in [0.5, 0.6) is 0 Å². The molecule has 0 bridgehead atoms. The number of aromatic amines is 1. The number of hydrogen-bond donors (Lipinski definition) is 2. The predicted octanol–water partition coefficient (Wildman–Crippen LogP) is 4.51. The van der Waals surface area contributed by atoms with Crippen molar-refractivity contribution in [3.05, 3.63) is 70.5 Å². The Kier molecular flexibility index (Phi) is 8.14. The fraction of sp³-hybridized carbons (Fsp3) is 0.375. The summed E-state index contributed by atoms with van der Waals surface area (Å²) in [5.74, 6) is 0.758. The molecule has 31 heavy (non-hydrogen) atoms. The first-order chi connectivity index (χ1) is 15.0. The van der Waals surface area contributed by atoms with Gasteiger partial charge in [0, 0.05) is 25.1 Å². The van der Waals surface area contributed by atoms with Gasteiger partial charge < -0.3 is 5.32 Å². The van der Waals surface area contributed by atoms with Gasteiger partial charge in [-0.25, -0.2) is 0 Å². The molecule has 6 nitrogen and oxygen atoms in total. The van der Waals surface area contributed by atoms with E-state index in [1.165, 1.54) is 11.1 Å². The fourth-order valence-electron chi connectivity index (χ4n) is 3.76. The topological polar surface area (TPSA) is 66.0 Å². The van der Waals surface area contributed by atoms with E-state index in [0.717, 1.165) is 24.5 Å². The molecule has 0 saturated carbocycles. The van der Waals surface area contributed by atoms with E-state index in [0.29, 0.717) is 24.3 Å². The number of benzene rings is 2. The van der Waals surface area contributed by atoms with E-state index in [-0.39, 0.29) is 11.9 Å². The molecule has 1 aromatic heterocycles. The molecule has 1 amide bonds. The Balaban J connectivity index is 1.64. The molecule has 0 aliphatic rings. The summed E-state index contributed by atoms with van der Waals surface area (Å²) >= 11 is 5.39. The van der Waals surface area contributed by atoms with Crippen molar-refractivity contribution in [2.24, 2.45) is 0 Å². The van der Waals surface area contributed by atoms with Gasteiger partial charge in [0.1, 0.15) is 0 Å². The highest BCUT2D eigenvalue weighted by Gasteiger charge is 2.19. The molecular weight excluding hydrogens is 406 g/mol. The van der Waals surface area contributed by atoms with E-state index in [9.17, 15) is 4.79 Å². The lowest BCUT2D eigenvalue weighted by Crippen LogP contribution is -2.38. The van der Waals surface area contributed by atoms with E-state index >= 15 is 0 Å². The number of aromatic nitrogens is 3. The largest absolute Gasteiger partial charge is 0.354 e. The Labute approximate surface area is 189 Å². The lowest BCUT2D eigenvalue weighted by atomic mass is 10.1. The standard InChI is InChI=1S/C24H31N5OS/c1-4-28(5-2)21(19-9-7-6-8-10-19)17-25-22(30)15-16-29-23(26-27-24(29)31)20-13-11-18(3)12-14-20/h6-14,21H,4-5,15-17H2,1-3H3,(H,25,30)(H,27,31). The van der Waals surface area contributed by atoms with Crippen LogP contribution in [0.25, 0.3) is 11.4 Å². The van der Waals surface area contributed by atoms with Crippen LogP contribution in [0.15, 0.2) is 54.6 Å². The first-order valence-corrected chi connectivity index (χ1v) is 11.2. The number of hydrogen-bond acceptors (Lipinski definition) is 4. The van der Waals surface area contributed by atoms with E-state index in [1.807, 2.05) is 54.0 Å². The van der Waals surface area contributed by atoms with Gasteiger partial charge in [0.05, 0.1) is 6.04 Å². The van der Waals surface area contributed by atoms with Crippen LogP contribution in [0.2, 0.25) is 0 Å². The van der Waals surface area contributed by atoms with Crippen molar-refractivity contribution in [1.29, 1.82) is 0 Å². The van der Waals surface area contributed by atoms with Crippen LogP contribution in [0.1, 0.15) is 37.4 Å². The van der Waals surface area contributed by atoms with Crippen LogP contribution in [0.4, 0.5) is 0 Å². The number of nitrogens with zero attached hydrogens (tertiary/aromatic N) is 3. The third kappa shape index (κ3) is 5.89. The summed E-state index contributed by atoms with van der Waals surface area (Å²) in [7, 11) is 0. The van der Waals surface area contributed by atoms with Gasteiger partial charge in [-0.15, -0.1) is 0 Å². The normalized spacial score (nSPS) is 12.1. The zero-order chi connectivity index (χ0) is 22.2. The summed E-state index contributed by atoms with van der Waals surface area (Å²) in [4.78, 5) is 15.0. The quantitative estimate of drug-likeness (QED) is 0.458. The smallest absolute Gasteiger partial charge is 0.221 e.